The van der Waals surface area contributed by atoms with Crippen LogP contribution in [0.25, 0.3) is 0 Å². The van der Waals surface area contributed by atoms with Crippen molar-refractivity contribution in [3.8, 4) is 0 Å². The van der Waals surface area contributed by atoms with Crippen molar-refractivity contribution >= 4 is 11.4 Å². The van der Waals surface area contributed by atoms with E-state index in [-0.39, 0.29) is 11.1 Å². The second-order valence-electron chi connectivity index (χ2n) is 4.85. The first-order chi connectivity index (χ1) is 6.89. The van der Waals surface area contributed by atoms with E-state index in [0.29, 0.717) is 5.69 Å². The van der Waals surface area contributed by atoms with Crippen LogP contribution in [-0.4, -0.2) is 13.1 Å². The zero-order valence-electron chi connectivity index (χ0n) is 8.85. The van der Waals surface area contributed by atoms with Gasteiger partial charge in [0.05, 0.1) is 11.4 Å². The van der Waals surface area contributed by atoms with Gasteiger partial charge in [-0.2, -0.15) is 0 Å². The first-order valence-electron chi connectivity index (χ1n) is 4.88. The number of halogens is 2. The van der Waals surface area contributed by atoms with E-state index in [4.69, 9.17) is 5.73 Å². The third-order valence-electron chi connectivity index (χ3n) is 2.64. The molecule has 1 fully saturated rings. The van der Waals surface area contributed by atoms with Gasteiger partial charge in [-0.3, -0.25) is 0 Å². The highest BCUT2D eigenvalue weighted by molar-refractivity contribution is 5.59. The highest BCUT2D eigenvalue weighted by Gasteiger charge is 2.35. The molecule has 2 rings (SSSR count). The fourth-order valence-corrected chi connectivity index (χ4v) is 1.95. The van der Waals surface area contributed by atoms with Crippen LogP contribution in [0.5, 0.6) is 0 Å². The lowest BCUT2D eigenvalue weighted by atomic mass is 9.84. The van der Waals surface area contributed by atoms with Crippen LogP contribution in [0.1, 0.15) is 13.8 Å². The lowest BCUT2D eigenvalue weighted by Crippen LogP contribution is -2.53. The Morgan fingerprint density at radius 2 is 1.80 bits per heavy atom. The third kappa shape index (κ3) is 1.76. The summed E-state index contributed by atoms with van der Waals surface area (Å²) in [6.07, 6.45) is 0. The van der Waals surface area contributed by atoms with Gasteiger partial charge in [-0.05, 0) is 11.5 Å². The number of nitrogens with zero attached hydrogens (tertiary/aromatic N) is 1. The molecule has 0 bridgehead atoms. The van der Waals surface area contributed by atoms with Crippen LogP contribution in [0.3, 0.4) is 0 Å². The summed E-state index contributed by atoms with van der Waals surface area (Å²) in [7, 11) is 0. The van der Waals surface area contributed by atoms with Gasteiger partial charge in [-0.15, -0.1) is 0 Å². The first kappa shape index (κ1) is 10.2. The predicted molar refractivity (Wildman–Crippen MR) is 56.8 cm³/mol. The van der Waals surface area contributed by atoms with E-state index in [0.717, 1.165) is 19.2 Å². The SMILES string of the molecule is CC1(C)CN(c2cc(N)c(F)cc2F)C1. The van der Waals surface area contributed by atoms with E-state index in [1.165, 1.54) is 6.07 Å². The van der Waals surface area contributed by atoms with Gasteiger partial charge < -0.3 is 10.6 Å². The summed E-state index contributed by atoms with van der Waals surface area (Å²) in [5, 5.41) is 0. The fourth-order valence-electron chi connectivity index (χ4n) is 1.95. The Bertz CT molecular complexity index is 394. The highest BCUT2D eigenvalue weighted by atomic mass is 19.1. The zero-order chi connectivity index (χ0) is 11.2. The van der Waals surface area contributed by atoms with Crippen LogP contribution in [0.2, 0.25) is 0 Å². The second-order valence-corrected chi connectivity index (χ2v) is 4.85. The summed E-state index contributed by atoms with van der Waals surface area (Å²) in [6, 6.07) is 2.20. The molecule has 1 aliphatic heterocycles. The molecule has 0 aliphatic carbocycles. The molecule has 0 aromatic heterocycles. The van der Waals surface area contributed by atoms with Crippen molar-refractivity contribution in [1.82, 2.24) is 0 Å². The predicted octanol–water partition coefficient (Wildman–Crippen LogP) is 2.39. The quantitative estimate of drug-likeness (QED) is 0.724. The van der Waals surface area contributed by atoms with E-state index in [9.17, 15) is 8.78 Å². The molecular formula is C11H14F2N2. The van der Waals surface area contributed by atoms with Crippen molar-refractivity contribution in [2.24, 2.45) is 5.41 Å². The molecule has 15 heavy (non-hydrogen) atoms. The van der Waals surface area contributed by atoms with Gasteiger partial charge in [0, 0.05) is 19.2 Å². The molecular weight excluding hydrogens is 198 g/mol. The van der Waals surface area contributed by atoms with Crippen LogP contribution in [0.4, 0.5) is 20.2 Å². The number of hydrogen-bond acceptors (Lipinski definition) is 2. The van der Waals surface area contributed by atoms with Crippen molar-refractivity contribution in [2.45, 2.75) is 13.8 Å². The number of anilines is 2. The lowest BCUT2D eigenvalue weighted by Gasteiger charge is -2.47. The Morgan fingerprint density at radius 3 is 2.33 bits per heavy atom. The van der Waals surface area contributed by atoms with Gasteiger partial charge in [0.15, 0.2) is 0 Å². The molecule has 0 spiro atoms. The van der Waals surface area contributed by atoms with Crippen LogP contribution < -0.4 is 10.6 Å². The molecule has 0 amide bonds. The average Bonchev–Trinajstić information content (AvgIpc) is 2.07. The minimum atomic E-state index is -0.698. The molecule has 1 saturated heterocycles. The molecule has 82 valence electrons. The standard InChI is InChI=1S/C11H14F2N2/c1-11(2)5-15(6-11)10-4-9(14)7(12)3-8(10)13/h3-4H,5-6,14H2,1-2H3. The summed E-state index contributed by atoms with van der Waals surface area (Å²) < 4.78 is 26.3. The Morgan fingerprint density at radius 1 is 1.20 bits per heavy atom. The molecule has 1 aromatic rings. The van der Waals surface area contributed by atoms with Crippen molar-refractivity contribution in [3.63, 3.8) is 0 Å². The number of nitrogens with two attached hydrogens (primary N) is 1. The van der Waals surface area contributed by atoms with E-state index in [2.05, 4.69) is 13.8 Å². The molecule has 0 unspecified atom stereocenters. The van der Waals surface area contributed by atoms with Gasteiger partial charge >= 0.3 is 0 Å². The van der Waals surface area contributed by atoms with E-state index in [1.807, 2.05) is 4.90 Å². The summed E-state index contributed by atoms with van der Waals surface area (Å²) >= 11 is 0. The van der Waals surface area contributed by atoms with Crippen molar-refractivity contribution in [3.05, 3.63) is 23.8 Å². The lowest BCUT2D eigenvalue weighted by molar-refractivity contribution is 0.274. The number of nitrogen functional groups attached to an aromatic ring is 1. The molecule has 1 heterocycles. The van der Waals surface area contributed by atoms with Crippen molar-refractivity contribution in [1.29, 1.82) is 0 Å². The summed E-state index contributed by atoms with van der Waals surface area (Å²) in [6.45, 7) is 5.76. The van der Waals surface area contributed by atoms with E-state index in [1.54, 1.807) is 0 Å². The maximum absolute atomic E-state index is 13.4. The Balaban J connectivity index is 2.27. The Kier molecular flexibility index (Phi) is 2.10. The Hall–Kier alpha value is -1.32. The van der Waals surface area contributed by atoms with Gasteiger partial charge in [0.2, 0.25) is 0 Å². The molecule has 1 aromatic carbocycles. The molecule has 0 saturated carbocycles. The topological polar surface area (TPSA) is 29.3 Å². The van der Waals surface area contributed by atoms with Gasteiger partial charge in [0.25, 0.3) is 0 Å². The van der Waals surface area contributed by atoms with Crippen LogP contribution in [0.15, 0.2) is 12.1 Å². The smallest absolute Gasteiger partial charge is 0.149 e. The van der Waals surface area contributed by atoms with Gasteiger partial charge in [-0.25, -0.2) is 8.78 Å². The van der Waals surface area contributed by atoms with Gasteiger partial charge in [0.1, 0.15) is 11.6 Å². The normalized spacial score (nSPS) is 18.8. The number of rotatable bonds is 1. The van der Waals surface area contributed by atoms with Crippen molar-refractivity contribution in [2.75, 3.05) is 23.7 Å². The summed E-state index contributed by atoms with van der Waals surface area (Å²) in [4.78, 5) is 1.87. The fraction of sp³-hybridized carbons (Fsp3) is 0.455. The average molecular weight is 212 g/mol. The van der Waals surface area contributed by atoms with Crippen molar-refractivity contribution < 1.29 is 8.78 Å². The molecule has 0 radical (unpaired) electrons. The first-order valence-corrected chi connectivity index (χ1v) is 4.88. The molecule has 4 heteroatoms. The highest BCUT2D eigenvalue weighted by Crippen LogP contribution is 2.36. The van der Waals surface area contributed by atoms with Crippen LogP contribution in [-0.2, 0) is 0 Å². The summed E-state index contributed by atoms with van der Waals surface area (Å²) in [5.74, 6) is -1.24. The minimum Gasteiger partial charge on any atom is -0.396 e. The largest absolute Gasteiger partial charge is 0.396 e. The maximum atomic E-state index is 13.4. The zero-order valence-corrected chi connectivity index (χ0v) is 8.85. The monoisotopic (exact) mass is 212 g/mol. The van der Waals surface area contributed by atoms with Crippen LogP contribution in [0, 0.1) is 17.0 Å². The third-order valence-corrected chi connectivity index (χ3v) is 2.64. The number of hydrogen-bond donors (Lipinski definition) is 1. The summed E-state index contributed by atoms with van der Waals surface area (Å²) in [5.41, 5.74) is 6.00. The van der Waals surface area contributed by atoms with E-state index >= 15 is 0 Å². The van der Waals surface area contributed by atoms with Gasteiger partial charge in [-0.1, -0.05) is 13.8 Å². The Labute approximate surface area is 87.7 Å². The number of benzene rings is 1. The molecule has 0 atom stereocenters. The molecule has 2 N–H and O–H groups in total. The molecule has 1 aliphatic rings. The maximum Gasteiger partial charge on any atom is 0.149 e. The second kappa shape index (κ2) is 3.08. The van der Waals surface area contributed by atoms with E-state index < -0.39 is 11.6 Å². The molecule has 2 nitrogen and oxygen atoms in total. The minimum absolute atomic E-state index is 0.00361. The van der Waals surface area contributed by atoms with Crippen LogP contribution >= 0.6 is 0 Å².